The molecule has 1 aromatic rings. The minimum Gasteiger partial charge on any atom is -0.325 e. The average Bonchev–Trinajstić information content (AvgIpc) is 2.06. The molecule has 0 saturated carbocycles. The highest BCUT2D eigenvalue weighted by atomic mass is 35.5. The van der Waals surface area contributed by atoms with Gasteiger partial charge in [-0.2, -0.15) is 0 Å². The van der Waals surface area contributed by atoms with E-state index in [4.69, 9.17) is 17.3 Å². The van der Waals surface area contributed by atoms with Crippen LogP contribution in [0.3, 0.4) is 0 Å². The van der Waals surface area contributed by atoms with Crippen molar-refractivity contribution < 1.29 is 4.79 Å². The van der Waals surface area contributed by atoms with Gasteiger partial charge < -0.3 is 11.1 Å². The van der Waals surface area contributed by atoms with Crippen molar-refractivity contribution >= 4 is 23.2 Å². The van der Waals surface area contributed by atoms with E-state index in [9.17, 15) is 4.79 Å². The van der Waals surface area contributed by atoms with Crippen LogP contribution in [0.25, 0.3) is 0 Å². The molecule has 1 amide bonds. The van der Waals surface area contributed by atoms with Gasteiger partial charge in [-0.1, -0.05) is 11.6 Å². The zero-order chi connectivity index (χ0) is 12.3. The van der Waals surface area contributed by atoms with Crippen LogP contribution in [0, 0.1) is 6.92 Å². The van der Waals surface area contributed by atoms with Crippen LogP contribution in [0.15, 0.2) is 12.1 Å². The molecule has 1 aromatic heterocycles. The molecular weight excluding hydrogens is 226 g/mol. The van der Waals surface area contributed by atoms with Gasteiger partial charge in [0.1, 0.15) is 5.15 Å². The highest BCUT2D eigenvalue weighted by Crippen LogP contribution is 2.16. The fourth-order valence-electron chi connectivity index (χ4n) is 1.27. The van der Waals surface area contributed by atoms with Gasteiger partial charge >= 0.3 is 0 Å². The molecule has 0 radical (unpaired) electrons. The Morgan fingerprint density at radius 1 is 1.56 bits per heavy atom. The van der Waals surface area contributed by atoms with Crippen LogP contribution in [-0.2, 0) is 4.79 Å². The van der Waals surface area contributed by atoms with Gasteiger partial charge in [0.25, 0.3) is 0 Å². The van der Waals surface area contributed by atoms with E-state index >= 15 is 0 Å². The minimum absolute atomic E-state index is 0.125. The molecule has 5 heteroatoms. The normalized spacial score (nSPS) is 11.3. The molecule has 16 heavy (non-hydrogen) atoms. The van der Waals surface area contributed by atoms with Crippen molar-refractivity contribution in [1.29, 1.82) is 0 Å². The molecule has 0 spiro atoms. The Labute approximate surface area is 100 Å². The van der Waals surface area contributed by atoms with Crippen LogP contribution in [0.2, 0.25) is 5.15 Å². The van der Waals surface area contributed by atoms with Gasteiger partial charge in [0.15, 0.2) is 0 Å². The molecule has 0 aromatic carbocycles. The summed E-state index contributed by atoms with van der Waals surface area (Å²) in [5.41, 5.74) is 6.59. The van der Waals surface area contributed by atoms with Crippen molar-refractivity contribution in [1.82, 2.24) is 4.98 Å². The molecule has 0 aliphatic carbocycles. The molecule has 0 saturated heterocycles. The number of amides is 1. The summed E-state index contributed by atoms with van der Waals surface area (Å²) in [5.74, 6) is -0.125. The van der Waals surface area contributed by atoms with E-state index in [2.05, 4.69) is 10.3 Å². The fourth-order valence-corrected chi connectivity index (χ4v) is 1.46. The maximum absolute atomic E-state index is 11.6. The van der Waals surface area contributed by atoms with Crippen molar-refractivity contribution in [3.8, 4) is 0 Å². The zero-order valence-electron chi connectivity index (χ0n) is 9.67. The first-order valence-electron chi connectivity index (χ1n) is 5.00. The van der Waals surface area contributed by atoms with Crippen LogP contribution in [0.4, 0.5) is 5.69 Å². The molecular formula is C11H16ClN3O. The van der Waals surface area contributed by atoms with Crippen molar-refractivity contribution in [3.63, 3.8) is 0 Å². The van der Waals surface area contributed by atoms with E-state index < -0.39 is 5.54 Å². The number of nitrogens with zero attached hydrogens (tertiary/aromatic N) is 1. The third kappa shape index (κ3) is 4.16. The Morgan fingerprint density at radius 2 is 2.19 bits per heavy atom. The first-order valence-corrected chi connectivity index (χ1v) is 5.37. The second-order valence-corrected chi connectivity index (χ2v) is 4.87. The lowest BCUT2D eigenvalue weighted by Crippen LogP contribution is -2.36. The van der Waals surface area contributed by atoms with E-state index in [1.165, 1.54) is 0 Å². The summed E-state index contributed by atoms with van der Waals surface area (Å²) >= 11 is 5.72. The molecule has 3 N–H and O–H groups in total. The number of aryl methyl sites for hydroxylation is 1. The monoisotopic (exact) mass is 241 g/mol. The third-order valence-corrected chi connectivity index (χ3v) is 2.15. The maximum atomic E-state index is 11.6. The molecule has 1 rings (SSSR count). The topological polar surface area (TPSA) is 68.0 Å². The SMILES string of the molecule is Cc1nc(Cl)ccc1NC(=O)CC(C)(C)N. The predicted octanol–water partition coefficient (Wildman–Crippen LogP) is 2.11. The number of anilines is 1. The Balaban J connectivity index is 2.70. The van der Waals surface area contributed by atoms with Gasteiger partial charge in [-0.25, -0.2) is 4.98 Å². The number of rotatable bonds is 3. The highest BCUT2D eigenvalue weighted by molar-refractivity contribution is 6.29. The molecule has 0 atom stereocenters. The van der Waals surface area contributed by atoms with Crippen LogP contribution < -0.4 is 11.1 Å². The molecule has 0 fully saturated rings. The number of nitrogens with two attached hydrogens (primary N) is 1. The lowest BCUT2D eigenvalue weighted by Gasteiger charge is -2.17. The van der Waals surface area contributed by atoms with Crippen LogP contribution in [0.1, 0.15) is 26.0 Å². The number of carbonyl (C=O) groups is 1. The number of hydrogen-bond donors (Lipinski definition) is 2. The summed E-state index contributed by atoms with van der Waals surface area (Å²) in [6, 6.07) is 3.36. The third-order valence-electron chi connectivity index (χ3n) is 1.94. The summed E-state index contributed by atoms with van der Waals surface area (Å²) in [4.78, 5) is 15.7. The lowest BCUT2D eigenvalue weighted by atomic mass is 10.0. The van der Waals surface area contributed by atoms with Crippen molar-refractivity contribution in [3.05, 3.63) is 23.0 Å². The number of nitrogens with one attached hydrogen (secondary N) is 1. The molecule has 0 bridgehead atoms. The summed E-state index contributed by atoms with van der Waals surface area (Å²) in [6.45, 7) is 5.40. The second-order valence-electron chi connectivity index (χ2n) is 4.48. The number of aromatic nitrogens is 1. The maximum Gasteiger partial charge on any atom is 0.226 e. The predicted molar refractivity (Wildman–Crippen MR) is 65.5 cm³/mol. The van der Waals surface area contributed by atoms with Gasteiger partial charge in [0, 0.05) is 12.0 Å². The number of hydrogen-bond acceptors (Lipinski definition) is 3. The summed E-state index contributed by atoms with van der Waals surface area (Å²) in [5, 5.41) is 3.17. The number of carbonyl (C=O) groups excluding carboxylic acids is 1. The first kappa shape index (κ1) is 12.9. The summed E-state index contributed by atoms with van der Waals surface area (Å²) in [6.07, 6.45) is 0.259. The van der Waals surface area contributed by atoms with E-state index in [-0.39, 0.29) is 12.3 Å². The first-order chi connectivity index (χ1) is 7.28. The fraction of sp³-hybridized carbons (Fsp3) is 0.455. The van der Waals surface area contributed by atoms with E-state index in [1.54, 1.807) is 32.9 Å². The minimum atomic E-state index is -0.516. The molecule has 0 aliphatic rings. The van der Waals surface area contributed by atoms with Gasteiger partial charge in [-0.15, -0.1) is 0 Å². The lowest BCUT2D eigenvalue weighted by molar-refractivity contribution is -0.117. The Bertz CT molecular complexity index is 399. The van der Waals surface area contributed by atoms with Gasteiger partial charge in [0.2, 0.25) is 5.91 Å². The molecule has 0 unspecified atom stereocenters. The number of pyridine rings is 1. The molecule has 0 aliphatic heterocycles. The van der Waals surface area contributed by atoms with Crippen molar-refractivity contribution in [2.24, 2.45) is 5.73 Å². The highest BCUT2D eigenvalue weighted by Gasteiger charge is 2.16. The van der Waals surface area contributed by atoms with Gasteiger partial charge in [-0.3, -0.25) is 4.79 Å². The smallest absolute Gasteiger partial charge is 0.226 e. The average molecular weight is 242 g/mol. The Kier molecular flexibility index (Phi) is 3.88. The summed E-state index contributed by atoms with van der Waals surface area (Å²) in [7, 11) is 0. The van der Waals surface area contributed by atoms with Gasteiger partial charge in [0.05, 0.1) is 11.4 Å². The molecule has 1 heterocycles. The molecule has 88 valence electrons. The standard InChI is InChI=1S/C11H16ClN3O/c1-7-8(4-5-9(12)14-7)15-10(16)6-11(2,3)13/h4-5H,6,13H2,1-3H3,(H,15,16). The largest absolute Gasteiger partial charge is 0.325 e. The van der Waals surface area contributed by atoms with Crippen molar-refractivity contribution in [2.45, 2.75) is 32.7 Å². The van der Waals surface area contributed by atoms with Crippen LogP contribution >= 0.6 is 11.6 Å². The van der Waals surface area contributed by atoms with Crippen LogP contribution in [0.5, 0.6) is 0 Å². The zero-order valence-corrected chi connectivity index (χ0v) is 10.4. The van der Waals surface area contributed by atoms with Crippen molar-refractivity contribution in [2.75, 3.05) is 5.32 Å². The Morgan fingerprint density at radius 3 is 2.69 bits per heavy atom. The van der Waals surface area contributed by atoms with E-state index in [0.29, 0.717) is 16.5 Å². The van der Waals surface area contributed by atoms with E-state index in [0.717, 1.165) is 0 Å². The molecule has 4 nitrogen and oxygen atoms in total. The van der Waals surface area contributed by atoms with E-state index in [1.807, 2.05) is 0 Å². The summed E-state index contributed by atoms with van der Waals surface area (Å²) < 4.78 is 0. The quantitative estimate of drug-likeness (QED) is 0.797. The number of halogens is 1. The Hall–Kier alpha value is -1.13. The second kappa shape index (κ2) is 4.80. The van der Waals surface area contributed by atoms with Gasteiger partial charge in [-0.05, 0) is 32.9 Å². The van der Waals surface area contributed by atoms with Crippen LogP contribution in [-0.4, -0.2) is 16.4 Å².